The Bertz CT molecular complexity index is 818. The summed E-state index contributed by atoms with van der Waals surface area (Å²) in [6.07, 6.45) is 3.56. The number of anilines is 1. The number of hydrogen-bond donors (Lipinski definition) is 1. The Morgan fingerprint density at radius 3 is 2.50 bits per heavy atom. The Morgan fingerprint density at radius 1 is 1.00 bits per heavy atom. The number of rotatable bonds is 5. The third-order valence-electron chi connectivity index (χ3n) is 4.15. The zero-order valence-electron chi connectivity index (χ0n) is 15.3. The van der Waals surface area contributed by atoms with E-state index in [-0.39, 0.29) is 12.0 Å². The summed E-state index contributed by atoms with van der Waals surface area (Å²) in [6.45, 7) is 2.07. The van der Waals surface area contributed by atoms with Gasteiger partial charge in [-0.25, -0.2) is 15.0 Å². The van der Waals surface area contributed by atoms with Gasteiger partial charge in [-0.3, -0.25) is 0 Å². The Hall–Kier alpha value is -3.09. The first kappa shape index (κ1) is 17.7. The lowest BCUT2D eigenvalue weighted by Gasteiger charge is -2.24. The summed E-state index contributed by atoms with van der Waals surface area (Å²) in [5.41, 5.74) is 1.74. The maximum absolute atomic E-state index is 5.51. The minimum absolute atomic E-state index is 0.121. The predicted molar refractivity (Wildman–Crippen MR) is 102 cm³/mol. The second-order valence-electron chi connectivity index (χ2n) is 5.86. The van der Waals surface area contributed by atoms with Gasteiger partial charge in [0.25, 0.3) is 0 Å². The molecule has 7 nitrogen and oxygen atoms in total. The van der Waals surface area contributed by atoms with Gasteiger partial charge in [0.2, 0.25) is 11.8 Å². The average Bonchev–Trinajstić information content (AvgIpc) is 2.69. The number of methoxy groups -OCH3 is 3. The SMILES string of the molecule is COc1ccc(OC)c(C2N=C(Nc3ccc(OC)nc3)N=CC2C)c1. The van der Waals surface area contributed by atoms with Crippen LogP contribution in [0.2, 0.25) is 0 Å². The van der Waals surface area contributed by atoms with Crippen molar-refractivity contribution in [2.75, 3.05) is 26.6 Å². The van der Waals surface area contributed by atoms with Gasteiger partial charge in [0.05, 0.1) is 39.3 Å². The second-order valence-corrected chi connectivity index (χ2v) is 5.86. The molecule has 1 aromatic carbocycles. The molecular weight excluding hydrogens is 332 g/mol. The van der Waals surface area contributed by atoms with E-state index < -0.39 is 0 Å². The van der Waals surface area contributed by atoms with Crippen molar-refractivity contribution in [2.45, 2.75) is 13.0 Å². The first-order valence-electron chi connectivity index (χ1n) is 8.25. The van der Waals surface area contributed by atoms with E-state index in [0.717, 1.165) is 22.7 Å². The van der Waals surface area contributed by atoms with Gasteiger partial charge in [-0.1, -0.05) is 6.92 Å². The molecule has 1 aliphatic rings. The fourth-order valence-electron chi connectivity index (χ4n) is 2.74. The van der Waals surface area contributed by atoms with Crippen molar-refractivity contribution in [2.24, 2.45) is 15.9 Å². The highest BCUT2D eigenvalue weighted by atomic mass is 16.5. The number of hydrogen-bond acceptors (Lipinski definition) is 7. The van der Waals surface area contributed by atoms with Crippen LogP contribution in [0.15, 0.2) is 46.5 Å². The molecule has 2 aromatic rings. The minimum Gasteiger partial charge on any atom is -0.497 e. The highest BCUT2D eigenvalue weighted by molar-refractivity contribution is 6.00. The molecule has 2 heterocycles. The molecule has 0 fully saturated rings. The Labute approximate surface area is 152 Å². The third-order valence-corrected chi connectivity index (χ3v) is 4.15. The van der Waals surface area contributed by atoms with Gasteiger partial charge in [-0.05, 0) is 24.3 Å². The van der Waals surface area contributed by atoms with Crippen molar-refractivity contribution in [1.82, 2.24) is 4.98 Å². The maximum Gasteiger partial charge on any atom is 0.222 e. The normalized spacial score (nSPS) is 18.8. The summed E-state index contributed by atoms with van der Waals surface area (Å²) in [5, 5.41) is 3.18. The van der Waals surface area contributed by atoms with E-state index in [0.29, 0.717) is 11.8 Å². The Morgan fingerprint density at radius 2 is 1.85 bits per heavy atom. The number of nitrogens with one attached hydrogen (secondary N) is 1. The summed E-state index contributed by atoms with van der Waals surface area (Å²) < 4.78 is 15.9. The van der Waals surface area contributed by atoms with Crippen LogP contribution in [0.25, 0.3) is 0 Å². The molecule has 0 amide bonds. The van der Waals surface area contributed by atoms with E-state index in [1.807, 2.05) is 30.5 Å². The quantitative estimate of drug-likeness (QED) is 0.891. The third kappa shape index (κ3) is 3.77. The van der Waals surface area contributed by atoms with E-state index in [9.17, 15) is 0 Å². The maximum atomic E-state index is 5.51. The molecule has 1 aromatic heterocycles. The molecule has 136 valence electrons. The number of aliphatic imine (C=N–C) groups is 2. The first-order chi connectivity index (χ1) is 12.6. The van der Waals surface area contributed by atoms with Gasteiger partial charge in [0, 0.05) is 23.8 Å². The van der Waals surface area contributed by atoms with Crippen molar-refractivity contribution < 1.29 is 14.2 Å². The number of nitrogens with zero attached hydrogens (tertiary/aromatic N) is 3. The number of benzene rings is 1. The van der Waals surface area contributed by atoms with Crippen LogP contribution in [0, 0.1) is 5.92 Å². The summed E-state index contributed by atoms with van der Waals surface area (Å²) in [4.78, 5) is 13.3. The van der Waals surface area contributed by atoms with Gasteiger partial charge in [0.15, 0.2) is 0 Å². The molecule has 0 spiro atoms. The van der Waals surface area contributed by atoms with E-state index in [1.165, 1.54) is 0 Å². The summed E-state index contributed by atoms with van der Waals surface area (Å²) >= 11 is 0. The van der Waals surface area contributed by atoms with Gasteiger partial charge in [-0.2, -0.15) is 0 Å². The van der Waals surface area contributed by atoms with Crippen molar-refractivity contribution in [3.05, 3.63) is 42.1 Å². The molecule has 1 N–H and O–H groups in total. The van der Waals surface area contributed by atoms with Crippen LogP contribution in [0.3, 0.4) is 0 Å². The van der Waals surface area contributed by atoms with Crippen LogP contribution in [0.1, 0.15) is 18.5 Å². The number of guanidine groups is 1. The highest BCUT2D eigenvalue weighted by Gasteiger charge is 2.25. The lowest BCUT2D eigenvalue weighted by atomic mass is 9.94. The molecular formula is C19H22N4O3. The monoisotopic (exact) mass is 354 g/mol. The van der Waals surface area contributed by atoms with Crippen LogP contribution < -0.4 is 19.5 Å². The largest absolute Gasteiger partial charge is 0.497 e. The van der Waals surface area contributed by atoms with Gasteiger partial charge in [0.1, 0.15) is 11.5 Å². The van der Waals surface area contributed by atoms with E-state index in [1.54, 1.807) is 33.6 Å². The molecule has 2 unspecified atom stereocenters. The molecule has 7 heteroatoms. The predicted octanol–water partition coefficient (Wildman–Crippen LogP) is 3.34. The number of pyridine rings is 1. The first-order valence-corrected chi connectivity index (χ1v) is 8.25. The molecule has 2 atom stereocenters. The van der Waals surface area contributed by atoms with Gasteiger partial charge in [-0.15, -0.1) is 0 Å². The van der Waals surface area contributed by atoms with Crippen LogP contribution in [-0.4, -0.2) is 38.5 Å². The standard InChI is InChI=1S/C19H22N4O3/c1-12-10-21-19(22-13-5-8-17(26-4)20-11-13)23-18(12)15-9-14(24-2)6-7-16(15)25-3/h5-12,18H,1-4H3,(H,22,23). The zero-order chi connectivity index (χ0) is 18.5. The molecule has 0 radical (unpaired) electrons. The Kier molecular flexibility index (Phi) is 5.36. The van der Waals surface area contributed by atoms with Crippen molar-refractivity contribution in [3.63, 3.8) is 0 Å². The summed E-state index contributed by atoms with van der Waals surface area (Å²) in [5.74, 6) is 2.73. The molecule has 0 saturated carbocycles. The topological polar surface area (TPSA) is 77.3 Å². The van der Waals surface area contributed by atoms with Crippen LogP contribution >= 0.6 is 0 Å². The lowest BCUT2D eigenvalue weighted by Crippen LogP contribution is -2.22. The van der Waals surface area contributed by atoms with E-state index in [4.69, 9.17) is 19.2 Å². The summed E-state index contributed by atoms with van der Waals surface area (Å²) in [6, 6.07) is 9.23. The zero-order valence-corrected chi connectivity index (χ0v) is 15.3. The van der Waals surface area contributed by atoms with Gasteiger partial charge < -0.3 is 19.5 Å². The van der Waals surface area contributed by atoms with E-state index in [2.05, 4.69) is 22.2 Å². The van der Waals surface area contributed by atoms with Crippen molar-refractivity contribution in [1.29, 1.82) is 0 Å². The molecule has 0 bridgehead atoms. The smallest absolute Gasteiger partial charge is 0.222 e. The Balaban J connectivity index is 1.88. The van der Waals surface area contributed by atoms with Gasteiger partial charge >= 0.3 is 0 Å². The van der Waals surface area contributed by atoms with Crippen LogP contribution in [0.4, 0.5) is 5.69 Å². The number of ether oxygens (including phenoxy) is 3. The average molecular weight is 354 g/mol. The molecule has 0 aliphatic carbocycles. The minimum atomic E-state index is -0.133. The highest BCUT2D eigenvalue weighted by Crippen LogP contribution is 2.36. The fraction of sp³-hybridized carbons (Fsp3) is 0.316. The molecule has 3 rings (SSSR count). The molecule has 1 aliphatic heterocycles. The van der Waals surface area contributed by atoms with Crippen LogP contribution in [-0.2, 0) is 0 Å². The van der Waals surface area contributed by atoms with Crippen LogP contribution in [0.5, 0.6) is 17.4 Å². The van der Waals surface area contributed by atoms with E-state index >= 15 is 0 Å². The number of aromatic nitrogens is 1. The lowest BCUT2D eigenvalue weighted by molar-refractivity contribution is 0.392. The summed E-state index contributed by atoms with van der Waals surface area (Å²) in [7, 11) is 4.88. The fourth-order valence-corrected chi connectivity index (χ4v) is 2.74. The van der Waals surface area contributed by atoms with Crippen molar-refractivity contribution in [3.8, 4) is 17.4 Å². The molecule has 26 heavy (non-hydrogen) atoms. The second kappa shape index (κ2) is 7.86. The van der Waals surface area contributed by atoms with Crippen molar-refractivity contribution >= 4 is 17.9 Å². The molecule has 0 saturated heterocycles.